The molecule has 168 valence electrons. The molecule has 0 bridgehead atoms. The van der Waals surface area contributed by atoms with Crippen LogP contribution in [0.4, 0.5) is 5.69 Å². The molecule has 4 rings (SSSR count). The van der Waals surface area contributed by atoms with Crippen LogP contribution in [0, 0.1) is 0 Å². The van der Waals surface area contributed by atoms with E-state index in [1.807, 2.05) is 12.4 Å². The SMILES string of the molecule is CCCCCCNC[C@H]1c2cc(-c3cncc(CN4CCCCC4)c3)ccc2NN1C. The van der Waals surface area contributed by atoms with Gasteiger partial charge in [0.1, 0.15) is 0 Å². The Hall–Kier alpha value is -1.95. The van der Waals surface area contributed by atoms with Crippen LogP contribution < -0.4 is 10.7 Å². The number of nitrogens with one attached hydrogen (secondary N) is 2. The van der Waals surface area contributed by atoms with E-state index in [9.17, 15) is 0 Å². The number of pyridine rings is 1. The summed E-state index contributed by atoms with van der Waals surface area (Å²) in [6.07, 6.45) is 13.3. The van der Waals surface area contributed by atoms with Gasteiger partial charge in [0.2, 0.25) is 0 Å². The minimum Gasteiger partial charge on any atom is -0.318 e. The Kier molecular flexibility index (Phi) is 7.95. The first-order chi connectivity index (χ1) is 15.2. The molecule has 0 aliphatic carbocycles. The zero-order chi connectivity index (χ0) is 21.5. The first kappa shape index (κ1) is 22.3. The quantitative estimate of drug-likeness (QED) is 0.515. The van der Waals surface area contributed by atoms with E-state index in [1.165, 1.54) is 86.0 Å². The largest absolute Gasteiger partial charge is 0.318 e. The molecule has 0 unspecified atom stereocenters. The number of nitrogens with zero attached hydrogens (tertiary/aromatic N) is 3. The van der Waals surface area contributed by atoms with Crippen molar-refractivity contribution in [2.75, 3.05) is 38.7 Å². The molecular weight excluding hydrogens is 382 g/mol. The second-order valence-electron chi connectivity index (χ2n) is 9.22. The molecule has 2 aromatic rings. The van der Waals surface area contributed by atoms with Crippen LogP contribution in [0.2, 0.25) is 0 Å². The summed E-state index contributed by atoms with van der Waals surface area (Å²) >= 11 is 0. The van der Waals surface area contributed by atoms with Gasteiger partial charge in [0.25, 0.3) is 0 Å². The number of rotatable bonds is 10. The highest BCUT2D eigenvalue weighted by molar-refractivity contribution is 5.70. The Morgan fingerprint density at radius 2 is 1.90 bits per heavy atom. The maximum atomic E-state index is 4.57. The average molecular weight is 422 g/mol. The van der Waals surface area contributed by atoms with Crippen molar-refractivity contribution in [1.82, 2.24) is 20.2 Å². The van der Waals surface area contributed by atoms with Crippen molar-refractivity contribution < 1.29 is 0 Å². The van der Waals surface area contributed by atoms with E-state index < -0.39 is 0 Å². The molecule has 0 saturated carbocycles. The lowest BCUT2D eigenvalue weighted by Gasteiger charge is -2.26. The summed E-state index contributed by atoms with van der Waals surface area (Å²) in [5.41, 5.74) is 9.93. The van der Waals surface area contributed by atoms with E-state index >= 15 is 0 Å². The van der Waals surface area contributed by atoms with Gasteiger partial charge in [-0.15, -0.1) is 0 Å². The number of hydrazine groups is 1. The number of piperidine rings is 1. The van der Waals surface area contributed by atoms with Crippen LogP contribution in [0.15, 0.2) is 36.7 Å². The van der Waals surface area contributed by atoms with Gasteiger partial charge in [-0.05, 0) is 73.8 Å². The number of hydrogen-bond donors (Lipinski definition) is 2. The van der Waals surface area contributed by atoms with Crippen LogP contribution in [-0.4, -0.2) is 48.1 Å². The summed E-state index contributed by atoms with van der Waals surface area (Å²) in [6.45, 7) is 7.78. The zero-order valence-electron chi connectivity index (χ0n) is 19.4. The summed E-state index contributed by atoms with van der Waals surface area (Å²) in [6, 6.07) is 9.49. The Bertz CT molecular complexity index is 830. The molecule has 3 heterocycles. The number of anilines is 1. The van der Waals surface area contributed by atoms with Gasteiger partial charge in [0, 0.05) is 38.1 Å². The minimum atomic E-state index is 0.352. The van der Waals surface area contributed by atoms with Crippen LogP contribution in [0.1, 0.15) is 69.0 Å². The van der Waals surface area contributed by atoms with Crippen molar-refractivity contribution >= 4 is 5.69 Å². The highest BCUT2D eigenvalue weighted by Gasteiger charge is 2.27. The number of hydrogen-bond acceptors (Lipinski definition) is 5. The minimum absolute atomic E-state index is 0.352. The molecule has 0 radical (unpaired) electrons. The molecule has 2 aliphatic heterocycles. The highest BCUT2D eigenvalue weighted by Crippen LogP contribution is 2.36. The monoisotopic (exact) mass is 421 g/mol. The van der Waals surface area contributed by atoms with E-state index in [-0.39, 0.29) is 0 Å². The molecule has 1 fully saturated rings. The van der Waals surface area contributed by atoms with Crippen molar-refractivity contribution in [3.8, 4) is 11.1 Å². The van der Waals surface area contributed by atoms with Gasteiger partial charge in [-0.1, -0.05) is 38.7 Å². The molecule has 5 nitrogen and oxygen atoms in total. The molecular formula is C26H39N5. The van der Waals surface area contributed by atoms with E-state index in [2.05, 4.69) is 63.9 Å². The molecule has 2 aliphatic rings. The normalized spacial score (nSPS) is 19.4. The molecule has 1 atom stereocenters. The fourth-order valence-corrected chi connectivity index (χ4v) is 4.87. The standard InChI is InChI=1S/C26H39N5/c1-3-4-5-7-12-27-19-26-24-16-22(10-11-25(24)29-30(26)2)23-15-21(17-28-18-23)20-31-13-8-6-9-14-31/h10-11,15-18,26-27,29H,3-9,12-14,19-20H2,1-2H3/t26-/m0/s1. The summed E-state index contributed by atoms with van der Waals surface area (Å²) in [5.74, 6) is 0. The lowest BCUT2D eigenvalue weighted by atomic mass is 9.98. The number of fused-ring (bicyclic) bond motifs is 1. The molecule has 5 heteroatoms. The highest BCUT2D eigenvalue weighted by atomic mass is 15.5. The lowest BCUT2D eigenvalue weighted by Crippen LogP contribution is -2.32. The molecule has 2 N–H and O–H groups in total. The van der Waals surface area contributed by atoms with Crippen molar-refractivity contribution in [3.05, 3.63) is 47.8 Å². The number of unbranched alkanes of at least 4 members (excludes halogenated alkanes) is 3. The Balaban J connectivity index is 1.42. The molecule has 1 aromatic heterocycles. The average Bonchev–Trinajstić information content (AvgIpc) is 3.11. The molecule has 1 aromatic carbocycles. The third kappa shape index (κ3) is 5.85. The Morgan fingerprint density at radius 1 is 1.03 bits per heavy atom. The predicted molar refractivity (Wildman–Crippen MR) is 130 cm³/mol. The van der Waals surface area contributed by atoms with Crippen LogP contribution in [0.3, 0.4) is 0 Å². The van der Waals surface area contributed by atoms with Crippen LogP contribution >= 0.6 is 0 Å². The van der Waals surface area contributed by atoms with Gasteiger partial charge in [-0.2, -0.15) is 0 Å². The molecule has 0 spiro atoms. The summed E-state index contributed by atoms with van der Waals surface area (Å²) in [4.78, 5) is 7.14. The lowest BCUT2D eigenvalue weighted by molar-refractivity contribution is 0.220. The first-order valence-electron chi connectivity index (χ1n) is 12.3. The molecule has 1 saturated heterocycles. The zero-order valence-corrected chi connectivity index (χ0v) is 19.4. The maximum absolute atomic E-state index is 4.57. The van der Waals surface area contributed by atoms with E-state index in [0.717, 1.165) is 19.6 Å². The number of likely N-dealkylation sites (tertiary alicyclic amines) is 1. The number of likely N-dealkylation sites (N-methyl/N-ethyl adjacent to an activating group) is 1. The van der Waals surface area contributed by atoms with E-state index in [1.54, 1.807) is 0 Å². The summed E-state index contributed by atoms with van der Waals surface area (Å²) in [5, 5.41) is 5.91. The fourth-order valence-electron chi connectivity index (χ4n) is 4.87. The first-order valence-corrected chi connectivity index (χ1v) is 12.3. The molecule has 0 amide bonds. The number of benzene rings is 1. The van der Waals surface area contributed by atoms with Crippen molar-refractivity contribution in [1.29, 1.82) is 0 Å². The van der Waals surface area contributed by atoms with Crippen LogP contribution in [-0.2, 0) is 6.54 Å². The van der Waals surface area contributed by atoms with Crippen molar-refractivity contribution in [2.45, 2.75) is 64.5 Å². The maximum Gasteiger partial charge on any atom is 0.0682 e. The van der Waals surface area contributed by atoms with Crippen molar-refractivity contribution in [2.24, 2.45) is 0 Å². The van der Waals surface area contributed by atoms with Gasteiger partial charge in [-0.25, -0.2) is 5.01 Å². The van der Waals surface area contributed by atoms with Gasteiger partial charge < -0.3 is 10.7 Å². The third-order valence-corrected chi connectivity index (χ3v) is 6.70. The van der Waals surface area contributed by atoms with Crippen molar-refractivity contribution in [3.63, 3.8) is 0 Å². The van der Waals surface area contributed by atoms with E-state index in [4.69, 9.17) is 0 Å². The second-order valence-corrected chi connectivity index (χ2v) is 9.22. The Morgan fingerprint density at radius 3 is 2.74 bits per heavy atom. The van der Waals surface area contributed by atoms with Gasteiger partial charge in [0.15, 0.2) is 0 Å². The van der Waals surface area contributed by atoms with Gasteiger partial charge >= 0.3 is 0 Å². The topological polar surface area (TPSA) is 43.4 Å². The van der Waals surface area contributed by atoms with Crippen LogP contribution in [0.25, 0.3) is 11.1 Å². The summed E-state index contributed by atoms with van der Waals surface area (Å²) < 4.78 is 0. The molecule has 31 heavy (non-hydrogen) atoms. The van der Waals surface area contributed by atoms with E-state index in [0.29, 0.717) is 6.04 Å². The fraction of sp³-hybridized carbons (Fsp3) is 0.577. The summed E-state index contributed by atoms with van der Waals surface area (Å²) in [7, 11) is 2.14. The predicted octanol–water partition coefficient (Wildman–Crippen LogP) is 5.22. The Labute approximate surface area is 188 Å². The third-order valence-electron chi connectivity index (χ3n) is 6.70. The van der Waals surface area contributed by atoms with Crippen LogP contribution in [0.5, 0.6) is 0 Å². The second kappa shape index (κ2) is 11.1. The number of aromatic nitrogens is 1. The van der Waals surface area contributed by atoms with Gasteiger partial charge in [-0.3, -0.25) is 9.88 Å². The smallest absolute Gasteiger partial charge is 0.0682 e. The van der Waals surface area contributed by atoms with Gasteiger partial charge in [0.05, 0.1) is 11.7 Å².